The number of aromatic nitrogens is 1. The van der Waals surface area contributed by atoms with E-state index < -0.39 is 5.60 Å². The fourth-order valence-electron chi connectivity index (χ4n) is 1.46. The van der Waals surface area contributed by atoms with Crippen molar-refractivity contribution >= 4 is 11.3 Å². The zero-order valence-electron chi connectivity index (χ0n) is 11.7. The van der Waals surface area contributed by atoms with Crippen molar-refractivity contribution in [3.8, 4) is 0 Å². The van der Waals surface area contributed by atoms with Crippen molar-refractivity contribution in [1.29, 1.82) is 0 Å². The van der Waals surface area contributed by atoms with Crippen molar-refractivity contribution in [3.05, 3.63) is 15.6 Å². The van der Waals surface area contributed by atoms with Gasteiger partial charge in [-0.05, 0) is 41.5 Å². The van der Waals surface area contributed by atoms with E-state index in [1.807, 2.05) is 13.8 Å². The van der Waals surface area contributed by atoms with Crippen LogP contribution in [0.4, 0.5) is 0 Å². The molecule has 0 aliphatic rings. The van der Waals surface area contributed by atoms with Gasteiger partial charge in [-0.15, -0.1) is 11.3 Å². The summed E-state index contributed by atoms with van der Waals surface area (Å²) in [6.07, 6.45) is 0.607. The highest BCUT2D eigenvalue weighted by Crippen LogP contribution is 2.21. The van der Waals surface area contributed by atoms with Gasteiger partial charge in [0.2, 0.25) is 0 Å². The van der Waals surface area contributed by atoms with Gasteiger partial charge in [0, 0.05) is 23.4 Å². The van der Waals surface area contributed by atoms with Gasteiger partial charge in [0.15, 0.2) is 0 Å². The molecule has 2 N–H and O–H groups in total. The predicted molar refractivity (Wildman–Crippen MR) is 73.7 cm³/mol. The average Bonchev–Trinajstić information content (AvgIpc) is 2.41. The molecule has 0 amide bonds. The minimum absolute atomic E-state index is 0.0265. The van der Waals surface area contributed by atoms with E-state index in [1.165, 1.54) is 4.88 Å². The number of nitrogens with one attached hydrogen (secondary N) is 1. The molecule has 0 bridgehead atoms. The highest BCUT2D eigenvalue weighted by atomic mass is 32.1. The van der Waals surface area contributed by atoms with Crippen molar-refractivity contribution < 1.29 is 5.11 Å². The molecule has 0 aromatic carbocycles. The zero-order valence-corrected chi connectivity index (χ0v) is 12.5. The Morgan fingerprint density at radius 1 is 1.24 bits per heavy atom. The molecular formula is C13H24N2OS. The molecule has 1 aromatic rings. The standard InChI is InChI=1S/C13H24N2OS/c1-9-10(2)17-11(15-9)7-13(6,16)8-14-12(3,4)5/h14,16H,7-8H2,1-6H3. The van der Waals surface area contributed by atoms with Crippen LogP contribution >= 0.6 is 11.3 Å². The molecule has 3 nitrogen and oxygen atoms in total. The summed E-state index contributed by atoms with van der Waals surface area (Å²) in [5, 5.41) is 14.7. The first-order chi connectivity index (χ1) is 7.59. The SMILES string of the molecule is Cc1nc(CC(C)(O)CNC(C)(C)C)sc1C. The van der Waals surface area contributed by atoms with Gasteiger partial charge in [-0.2, -0.15) is 0 Å². The van der Waals surface area contributed by atoms with Crippen LogP contribution in [0.25, 0.3) is 0 Å². The van der Waals surface area contributed by atoms with Crippen molar-refractivity contribution in [2.45, 2.75) is 59.1 Å². The van der Waals surface area contributed by atoms with Gasteiger partial charge < -0.3 is 10.4 Å². The summed E-state index contributed by atoms with van der Waals surface area (Å²) in [6.45, 7) is 12.8. The lowest BCUT2D eigenvalue weighted by molar-refractivity contribution is 0.0534. The van der Waals surface area contributed by atoms with Crippen LogP contribution in [0.5, 0.6) is 0 Å². The number of rotatable bonds is 4. The molecule has 1 atom stereocenters. The number of β-amino-alcohol motifs (C(OH)–C–C–N with tert-alkyl or cyclic N) is 1. The van der Waals surface area contributed by atoms with Gasteiger partial charge in [-0.3, -0.25) is 0 Å². The van der Waals surface area contributed by atoms with Crippen molar-refractivity contribution in [2.75, 3.05) is 6.54 Å². The molecule has 0 fully saturated rings. The van der Waals surface area contributed by atoms with Crippen LogP contribution in [0, 0.1) is 13.8 Å². The van der Waals surface area contributed by atoms with E-state index >= 15 is 0 Å². The maximum Gasteiger partial charge on any atom is 0.0959 e. The van der Waals surface area contributed by atoms with Crippen molar-refractivity contribution in [3.63, 3.8) is 0 Å². The Hall–Kier alpha value is -0.450. The molecule has 0 aliphatic heterocycles. The van der Waals surface area contributed by atoms with E-state index in [0.717, 1.165) is 10.7 Å². The van der Waals surface area contributed by atoms with E-state index in [4.69, 9.17) is 0 Å². The third kappa shape index (κ3) is 5.15. The highest BCUT2D eigenvalue weighted by Gasteiger charge is 2.25. The average molecular weight is 256 g/mol. The van der Waals surface area contributed by atoms with Gasteiger partial charge in [0.25, 0.3) is 0 Å². The minimum Gasteiger partial charge on any atom is -0.388 e. The lowest BCUT2D eigenvalue weighted by Crippen LogP contribution is -2.47. The van der Waals surface area contributed by atoms with Crippen LogP contribution in [0.2, 0.25) is 0 Å². The second-order valence-corrected chi connectivity index (χ2v) is 7.31. The Bertz CT molecular complexity index is 358. The molecular weight excluding hydrogens is 232 g/mol. The lowest BCUT2D eigenvalue weighted by atomic mass is 10.0. The van der Waals surface area contributed by atoms with Crippen molar-refractivity contribution in [1.82, 2.24) is 10.3 Å². The van der Waals surface area contributed by atoms with E-state index in [2.05, 4.69) is 38.0 Å². The largest absolute Gasteiger partial charge is 0.388 e. The molecule has 98 valence electrons. The molecule has 0 spiro atoms. The molecule has 1 unspecified atom stereocenters. The third-order valence-corrected chi connectivity index (χ3v) is 3.68. The van der Waals surface area contributed by atoms with E-state index in [-0.39, 0.29) is 5.54 Å². The van der Waals surface area contributed by atoms with Gasteiger partial charge in [-0.1, -0.05) is 0 Å². The van der Waals surface area contributed by atoms with Crippen molar-refractivity contribution in [2.24, 2.45) is 0 Å². The quantitative estimate of drug-likeness (QED) is 0.870. The second kappa shape index (κ2) is 5.04. The van der Waals surface area contributed by atoms with Crippen LogP contribution in [-0.2, 0) is 6.42 Å². The first kappa shape index (κ1) is 14.6. The Morgan fingerprint density at radius 2 is 1.82 bits per heavy atom. The predicted octanol–water partition coefficient (Wildman–Crippen LogP) is 2.44. The summed E-state index contributed by atoms with van der Waals surface area (Å²) in [7, 11) is 0. The number of nitrogens with zero attached hydrogens (tertiary/aromatic N) is 1. The van der Waals surface area contributed by atoms with Crippen LogP contribution in [0.15, 0.2) is 0 Å². The van der Waals surface area contributed by atoms with E-state index in [9.17, 15) is 5.11 Å². The van der Waals surface area contributed by atoms with Gasteiger partial charge in [0.1, 0.15) is 0 Å². The maximum absolute atomic E-state index is 10.3. The molecule has 1 heterocycles. The molecule has 1 rings (SSSR count). The Balaban J connectivity index is 2.60. The third-order valence-electron chi connectivity index (χ3n) is 2.60. The lowest BCUT2D eigenvalue weighted by Gasteiger charge is -2.28. The molecule has 1 aromatic heterocycles. The number of thiazole rings is 1. The molecule has 0 saturated heterocycles. The van der Waals surface area contributed by atoms with E-state index in [1.54, 1.807) is 11.3 Å². The van der Waals surface area contributed by atoms with Crippen LogP contribution in [0.3, 0.4) is 0 Å². The smallest absolute Gasteiger partial charge is 0.0959 e. The molecule has 4 heteroatoms. The van der Waals surface area contributed by atoms with Gasteiger partial charge in [0.05, 0.1) is 16.3 Å². The molecule has 0 aliphatic carbocycles. The monoisotopic (exact) mass is 256 g/mol. The summed E-state index contributed by atoms with van der Waals surface area (Å²) in [6, 6.07) is 0. The topological polar surface area (TPSA) is 45.2 Å². The first-order valence-corrected chi connectivity index (χ1v) is 6.81. The highest BCUT2D eigenvalue weighted by molar-refractivity contribution is 7.11. The Morgan fingerprint density at radius 3 is 2.24 bits per heavy atom. The van der Waals surface area contributed by atoms with Gasteiger partial charge in [-0.25, -0.2) is 4.98 Å². The minimum atomic E-state index is -0.746. The Labute approximate surface area is 108 Å². The fourth-order valence-corrected chi connectivity index (χ4v) is 2.57. The summed E-state index contributed by atoms with van der Waals surface area (Å²) >= 11 is 1.68. The molecule has 17 heavy (non-hydrogen) atoms. The normalized spacial score (nSPS) is 15.9. The number of hydrogen-bond donors (Lipinski definition) is 2. The van der Waals surface area contributed by atoms with E-state index in [0.29, 0.717) is 13.0 Å². The van der Waals surface area contributed by atoms with Crippen LogP contribution < -0.4 is 5.32 Å². The summed E-state index contributed by atoms with van der Waals surface area (Å²) in [4.78, 5) is 5.71. The molecule has 0 saturated carbocycles. The summed E-state index contributed by atoms with van der Waals surface area (Å²) < 4.78 is 0. The first-order valence-electron chi connectivity index (χ1n) is 5.99. The summed E-state index contributed by atoms with van der Waals surface area (Å²) in [5.74, 6) is 0. The van der Waals surface area contributed by atoms with Crippen LogP contribution in [-0.4, -0.2) is 27.8 Å². The zero-order chi connectivity index (χ0) is 13.3. The fraction of sp³-hybridized carbons (Fsp3) is 0.769. The number of aryl methyl sites for hydroxylation is 2. The van der Waals surface area contributed by atoms with Crippen LogP contribution in [0.1, 0.15) is 43.3 Å². The summed E-state index contributed by atoms with van der Waals surface area (Å²) in [5.41, 5.74) is 0.354. The number of aliphatic hydroxyl groups is 1. The maximum atomic E-state index is 10.3. The number of hydrogen-bond acceptors (Lipinski definition) is 4. The Kier molecular flexibility index (Phi) is 4.33. The second-order valence-electron chi connectivity index (χ2n) is 6.03. The van der Waals surface area contributed by atoms with Gasteiger partial charge >= 0.3 is 0 Å². The molecule has 0 radical (unpaired) electrons.